The predicted octanol–water partition coefficient (Wildman–Crippen LogP) is 26.6. The first-order valence-electron chi connectivity index (χ1n) is 45.2. The van der Waals surface area contributed by atoms with E-state index < -0.39 is 52.5 Å². The summed E-state index contributed by atoms with van der Waals surface area (Å²) in [5, 5.41) is 18.1. The van der Waals surface area contributed by atoms with E-state index in [0.717, 1.165) is 73.2 Å². The van der Waals surface area contributed by atoms with Gasteiger partial charge in [0, 0.05) is 61.0 Å². The number of fused-ring (bicyclic) bond motifs is 3. The van der Waals surface area contributed by atoms with E-state index in [9.17, 15) is 46.3 Å². The first kappa shape index (κ1) is 103. The van der Waals surface area contributed by atoms with E-state index in [1.54, 1.807) is 114 Å². The van der Waals surface area contributed by atoms with E-state index in [0.29, 0.717) is 134 Å². The molecule has 6 amide bonds. The van der Waals surface area contributed by atoms with Crippen LogP contribution >= 0.6 is 58.0 Å². The van der Waals surface area contributed by atoms with Gasteiger partial charge in [0.1, 0.15) is 69.8 Å². The predicted molar refractivity (Wildman–Crippen MR) is 554 cm³/mol. The monoisotopic (exact) mass is 2020 g/mol. The summed E-state index contributed by atoms with van der Waals surface area (Å²) in [6.45, 7) is 7.87. The van der Waals surface area contributed by atoms with Gasteiger partial charge >= 0.3 is 0 Å². The van der Waals surface area contributed by atoms with E-state index in [2.05, 4.69) is 55.8 Å². The number of para-hydroxylation sites is 5. The van der Waals surface area contributed by atoms with Crippen molar-refractivity contribution in [3.63, 3.8) is 0 Å². The third kappa shape index (κ3) is 26.9. The molecule has 20 nitrogen and oxygen atoms in total. The van der Waals surface area contributed by atoms with E-state index in [1.165, 1.54) is 19.4 Å². The van der Waals surface area contributed by atoms with Gasteiger partial charge in [0.15, 0.2) is 17.5 Å². The molecule has 0 bridgehead atoms. The molecule has 15 aromatic carbocycles. The Morgan fingerprint density at radius 3 is 1.58 bits per heavy atom. The van der Waals surface area contributed by atoms with Crippen LogP contribution in [0, 0.1) is 51.0 Å². The minimum absolute atomic E-state index is 0.0178. The summed E-state index contributed by atoms with van der Waals surface area (Å²) in [6, 6.07) is 102. The molecular weight excluding hydrogens is 1920 g/mol. The number of hydrazone groups is 3. The maximum atomic E-state index is 14.1. The van der Waals surface area contributed by atoms with Crippen LogP contribution in [-0.2, 0) is 40.2 Å². The van der Waals surface area contributed by atoms with Crippen LogP contribution in [0.3, 0.4) is 0 Å². The molecule has 143 heavy (non-hydrogen) atoms. The van der Waals surface area contributed by atoms with Crippen molar-refractivity contribution in [2.75, 3.05) is 20.2 Å². The summed E-state index contributed by atoms with van der Waals surface area (Å²) in [5.41, 5.74) is 14.3. The number of furan rings is 1. The second-order valence-electron chi connectivity index (χ2n) is 32.8. The third-order valence-electron chi connectivity index (χ3n) is 23.3. The fraction of sp³-hybridized carbons (Fsp3) is 0.132. The lowest BCUT2D eigenvalue weighted by Crippen LogP contribution is -2.71. The van der Waals surface area contributed by atoms with Gasteiger partial charge in [0.25, 0.3) is 17.7 Å². The molecule has 2 aliphatic rings. The van der Waals surface area contributed by atoms with Crippen LogP contribution in [0.2, 0.25) is 25.1 Å². The molecule has 18 rings (SSSR count). The number of ether oxygens (including phenoxy) is 4. The zero-order valence-corrected chi connectivity index (χ0v) is 81.7. The summed E-state index contributed by atoms with van der Waals surface area (Å²) < 4.78 is 82.5. The molecule has 1 aromatic heterocycles. The zero-order valence-electron chi connectivity index (χ0n) is 77.9. The van der Waals surface area contributed by atoms with Crippen LogP contribution in [0.25, 0.3) is 21.5 Å². The number of aryl methyl sites for hydroxylation is 3. The Morgan fingerprint density at radius 2 is 0.972 bits per heavy atom. The average molecular weight is 2020 g/mol. The first-order valence-corrected chi connectivity index (χ1v) is 47.1. The number of benzene rings is 15. The molecule has 0 unspecified atom stereocenters. The number of nitrogens with zero attached hydrogens (tertiary/aromatic N) is 6. The second-order valence-corrected chi connectivity index (χ2v) is 34.8. The van der Waals surface area contributed by atoms with Crippen molar-refractivity contribution in [1.29, 1.82) is 0 Å². The minimum Gasteiger partial charge on any atom is -0.495 e. The lowest BCUT2D eigenvalue weighted by molar-refractivity contribution is -0.174. The van der Waals surface area contributed by atoms with E-state index in [4.69, 9.17) is 81.4 Å². The molecule has 0 aliphatic carbocycles. The highest BCUT2D eigenvalue weighted by Gasteiger charge is 2.49. The summed E-state index contributed by atoms with van der Waals surface area (Å²) in [5.74, 6) is -2.97. The van der Waals surface area contributed by atoms with Crippen molar-refractivity contribution in [2.45, 2.75) is 78.6 Å². The van der Waals surface area contributed by atoms with Crippen molar-refractivity contribution >= 4 is 134 Å². The molecule has 2 fully saturated rings. The van der Waals surface area contributed by atoms with Gasteiger partial charge in [-0.3, -0.25) is 28.8 Å². The summed E-state index contributed by atoms with van der Waals surface area (Å²) in [7, 11) is 1.53. The number of amides is 6. The van der Waals surface area contributed by atoms with E-state index in [-0.39, 0.29) is 47.3 Å². The summed E-state index contributed by atoms with van der Waals surface area (Å²) in [4.78, 5) is 83.6. The first-order chi connectivity index (χ1) is 69.3. The highest BCUT2D eigenvalue weighted by molar-refractivity contribution is 6.45. The molecule has 0 radical (unpaired) electrons. The van der Waals surface area contributed by atoms with Gasteiger partial charge in [0.05, 0.1) is 74.1 Å². The molecular formula is C114H94Cl5F4N9O11. The molecule has 16 aromatic rings. The Balaban J connectivity index is 0.000000144. The third-order valence-corrected chi connectivity index (χ3v) is 25.2. The Hall–Kier alpha value is -15.7. The smallest absolute Gasteiger partial charge is 0.275 e. The Bertz CT molecular complexity index is 7280. The number of carbonyl (C=O) groups is 6. The van der Waals surface area contributed by atoms with Gasteiger partial charge in [-0.05, 0) is 192 Å². The average Bonchev–Trinajstić information content (AvgIpc) is 1.06. The van der Waals surface area contributed by atoms with Crippen molar-refractivity contribution in [2.24, 2.45) is 15.3 Å². The van der Waals surface area contributed by atoms with Crippen molar-refractivity contribution in [3.05, 3.63) is 466 Å². The number of nitrogens with one attached hydrogen (secondary N) is 3. The van der Waals surface area contributed by atoms with Gasteiger partial charge in [-0.25, -0.2) is 33.8 Å². The molecule has 2 aliphatic heterocycles. The molecule has 724 valence electrons. The Kier molecular flexibility index (Phi) is 36.0. The SMILES string of the molecule is COc1c(Cl)cc(Cl)c(Cl)c1Cc1c(C)c(C)cc(Cl)c1Cl.Cc1c(F)c(F)c(F)c(/C=N/NC(=O)c2ccccc2Oc2ccccc2)c1F.Cc1ccc(/C=N/NC(=O)c2cccc(Oc3ccccc3)c2)o1.O=C(N/N=C/c1cccc2ccccc12)c1ccccc1Oc1ccccc1.O=C1[C@H](Cc2ccccc2)N2C(=O)CCN(C(=O)CCc3ccccc3)[C@H]2CN1Cc1cccc2ccccc12. The Morgan fingerprint density at radius 1 is 0.469 bits per heavy atom. The van der Waals surface area contributed by atoms with Gasteiger partial charge in [-0.2, -0.15) is 15.3 Å². The van der Waals surface area contributed by atoms with Crippen LogP contribution in [0.5, 0.6) is 40.2 Å². The largest absolute Gasteiger partial charge is 0.495 e. The van der Waals surface area contributed by atoms with Gasteiger partial charge in [-0.15, -0.1) is 0 Å². The van der Waals surface area contributed by atoms with Crippen LogP contribution in [0.15, 0.2) is 353 Å². The lowest BCUT2D eigenvalue weighted by atomic mass is 9.96. The Labute approximate surface area is 848 Å². The van der Waals surface area contributed by atoms with Crippen molar-refractivity contribution < 1.29 is 69.7 Å². The number of hydrogen-bond acceptors (Lipinski definition) is 14. The molecule has 0 spiro atoms. The lowest BCUT2D eigenvalue weighted by Gasteiger charge is -2.52. The molecule has 3 N–H and O–H groups in total. The topological polar surface area (TPSA) is 235 Å². The van der Waals surface area contributed by atoms with Crippen molar-refractivity contribution in [3.8, 4) is 40.2 Å². The van der Waals surface area contributed by atoms with Crippen molar-refractivity contribution in [1.82, 2.24) is 31.0 Å². The number of rotatable bonds is 25. The summed E-state index contributed by atoms with van der Waals surface area (Å²) >= 11 is 31.2. The fourth-order valence-corrected chi connectivity index (χ4v) is 17.2. The number of methoxy groups -OCH3 is 1. The molecule has 0 saturated carbocycles. The fourth-order valence-electron chi connectivity index (χ4n) is 15.9. The van der Waals surface area contributed by atoms with Crippen LogP contribution in [-0.4, -0.2) is 101 Å². The highest BCUT2D eigenvalue weighted by atomic mass is 35.5. The molecule has 3 heterocycles. The maximum Gasteiger partial charge on any atom is 0.275 e. The van der Waals surface area contributed by atoms with Crippen LogP contribution < -0.4 is 35.2 Å². The summed E-state index contributed by atoms with van der Waals surface area (Å²) in [6.07, 6.45) is 5.27. The second kappa shape index (κ2) is 49.9. The van der Waals surface area contributed by atoms with E-state index >= 15 is 0 Å². The van der Waals surface area contributed by atoms with Crippen LogP contribution in [0.4, 0.5) is 17.6 Å². The van der Waals surface area contributed by atoms with Gasteiger partial charge in [0.2, 0.25) is 17.7 Å². The van der Waals surface area contributed by atoms with Gasteiger partial charge in [-0.1, -0.05) is 289 Å². The normalized spacial score (nSPS) is 13.2. The van der Waals surface area contributed by atoms with Crippen LogP contribution in [0.1, 0.15) is 111 Å². The van der Waals surface area contributed by atoms with E-state index in [1.807, 2.05) is 231 Å². The quantitative estimate of drug-likeness (QED) is 0.0160. The number of piperazine rings is 1. The number of halogens is 9. The standard InChI is InChI=1S/C34H33N3O3.C24H18N2O2.C21H14F4N2O2.C19H16N2O3.C16H13Cl5O/c38-32(19-18-25-10-3-1-4-11-25)36-21-20-33(39)37-30(22-26-12-5-2-6-13-26)34(40)35(24-31(36)37)23-28-16-9-15-27-14-7-8-17-29(27)28;27-24(22-15-6-7-16-23(22)28-20-12-2-1-3-13-20)26-25-17-19-11-8-10-18-9-4-5-14-21(18)19;1-12-17(22)15(19(24)20(25)18(12)23)11-26-27-21(28)14-9-5-6-10-16(14)29-13-7-3-2-4-8-13;1-14-10-11-18(23-14)13-20-21-19(22)15-6-5-9-17(12-15)24-16-7-3-2-4-8-16;1-7-4-11(17)14(20)9(8(7)2)5-10-15(21)12(18)6-13(19)16(10)22-3/h1-17,30-31H,18-24H2;1-17H,(H,26,27);2-11H,1H3,(H,27,28);2-13H,1H3,(H,21,22);4,6H,5H2,1-3H3/b;25-17+;26-11+;20-13+;/t30-,31+;;;;/m0..../s1. The van der Waals surface area contributed by atoms with Gasteiger partial charge < -0.3 is 38.1 Å². The minimum atomic E-state index is -1.82. The zero-order chi connectivity index (χ0) is 101. The number of carbonyl (C=O) groups excluding carboxylic acids is 6. The highest BCUT2D eigenvalue weighted by Crippen LogP contribution is 2.44. The molecule has 2 atom stereocenters. The number of hydrogen-bond donors (Lipinski definition) is 3. The molecule has 2 saturated heterocycles. The molecule has 29 heteroatoms. The maximum absolute atomic E-state index is 14.1.